The van der Waals surface area contributed by atoms with Crippen LogP contribution < -0.4 is 10.2 Å². The molecule has 0 spiro atoms. The van der Waals surface area contributed by atoms with Crippen LogP contribution in [0.2, 0.25) is 0 Å². The Morgan fingerprint density at radius 3 is 2.48 bits per heavy atom. The Bertz CT molecular complexity index is 515. The highest BCUT2D eigenvalue weighted by Crippen LogP contribution is 2.36. The molecule has 1 atom stereocenters. The molecule has 1 N–H and O–H groups in total. The van der Waals surface area contributed by atoms with Crippen molar-refractivity contribution >= 4 is 17.7 Å². The molecule has 1 aliphatic rings. The summed E-state index contributed by atoms with van der Waals surface area (Å²) in [6.07, 6.45) is 6.85. The Hall–Kier alpha value is -1.77. The van der Waals surface area contributed by atoms with Crippen molar-refractivity contribution in [1.29, 1.82) is 0 Å². The van der Waals surface area contributed by atoms with Crippen molar-refractivity contribution < 1.29 is 4.79 Å². The Kier molecular flexibility index (Phi) is 4.71. The lowest BCUT2D eigenvalue weighted by molar-refractivity contribution is -0.117. The predicted octanol–water partition coefficient (Wildman–Crippen LogP) is 3.46. The number of anilines is 1. The topological polar surface area (TPSA) is 32.3 Å². The molecule has 21 heavy (non-hydrogen) atoms. The van der Waals surface area contributed by atoms with E-state index in [1.54, 1.807) is 6.08 Å². The second kappa shape index (κ2) is 6.33. The van der Waals surface area contributed by atoms with E-state index in [9.17, 15) is 4.79 Å². The van der Waals surface area contributed by atoms with E-state index >= 15 is 0 Å². The van der Waals surface area contributed by atoms with Gasteiger partial charge in [0.2, 0.25) is 5.91 Å². The van der Waals surface area contributed by atoms with Gasteiger partial charge in [-0.05, 0) is 48.4 Å². The monoisotopic (exact) mass is 286 g/mol. The summed E-state index contributed by atoms with van der Waals surface area (Å²) in [5.41, 5.74) is 2.57. The van der Waals surface area contributed by atoms with Gasteiger partial charge in [0.1, 0.15) is 0 Å². The van der Waals surface area contributed by atoms with Crippen molar-refractivity contribution in [2.75, 3.05) is 19.0 Å². The van der Waals surface area contributed by atoms with Crippen molar-refractivity contribution in [2.24, 2.45) is 5.41 Å². The number of benzene rings is 1. The SMILES string of the molecule is CN(C)c1ccc(/C=C/C(=O)NC2CCC(C)(C)C2)cc1. The molecule has 1 fully saturated rings. The van der Waals surface area contributed by atoms with Crippen LogP contribution in [0.4, 0.5) is 5.69 Å². The largest absolute Gasteiger partial charge is 0.378 e. The second-order valence-corrected chi connectivity index (χ2v) is 6.93. The highest BCUT2D eigenvalue weighted by Gasteiger charge is 2.31. The minimum atomic E-state index is 0.00869. The van der Waals surface area contributed by atoms with Crippen LogP contribution in [-0.4, -0.2) is 26.0 Å². The zero-order chi connectivity index (χ0) is 15.5. The molecule has 0 aromatic heterocycles. The third-order valence-electron chi connectivity index (χ3n) is 4.15. The summed E-state index contributed by atoms with van der Waals surface area (Å²) in [6, 6.07) is 8.48. The van der Waals surface area contributed by atoms with Gasteiger partial charge in [-0.25, -0.2) is 0 Å². The maximum Gasteiger partial charge on any atom is 0.244 e. The number of carbonyl (C=O) groups is 1. The molecule has 1 aliphatic carbocycles. The van der Waals surface area contributed by atoms with Gasteiger partial charge in [-0.1, -0.05) is 26.0 Å². The van der Waals surface area contributed by atoms with E-state index < -0.39 is 0 Å². The lowest BCUT2D eigenvalue weighted by Crippen LogP contribution is -2.32. The number of rotatable bonds is 4. The zero-order valence-corrected chi connectivity index (χ0v) is 13.5. The molecule has 3 heteroatoms. The Morgan fingerprint density at radius 1 is 1.29 bits per heavy atom. The molecule has 0 radical (unpaired) electrons. The van der Waals surface area contributed by atoms with E-state index in [1.165, 1.54) is 6.42 Å². The summed E-state index contributed by atoms with van der Waals surface area (Å²) >= 11 is 0. The van der Waals surface area contributed by atoms with Crippen molar-refractivity contribution in [3.63, 3.8) is 0 Å². The molecule has 1 aromatic rings. The molecular weight excluding hydrogens is 260 g/mol. The molecule has 1 aromatic carbocycles. The normalized spacial score (nSPS) is 20.7. The number of amides is 1. The molecule has 0 aliphatic heterocycles. The second-order valence-electron chi connectivity index (χ2n) is 6.93. The fourth-order valence-electron chi connectivity index (χ4n) is 2.86. The first-order valence-corrected chi connectivity index (χ1v) is 7.62. The quantitative estimate of drug-likeness (QED) is 0.860. The molecule has 3 nitrogen and oxygen atoms in total. The van der Waals surface area contributed by atoms with Gasteiger partial charge in [-0.15, -0.1) is 0 Å². The van der Waals surface area contributed by atoms with Crippen LogP contribution in [0.15, 0.2) is 30.3 Å². The molecule has 114 valence electrons. The van der Waals surface area contributed by atoms with Gasteiger partial charge in [0.25, 0.3) is 0 Å². The third kappa shape index (κ3) is 4.62. The van der Waals surface area contributed by atoms with Crippen LogP contribution in [0.1, 0.15) is 38.7 Å². The smallest absolute Gasteiger partial charge is 0.244 e. The highest BCUT2D eigenvalue weighted by molar-refractivity contribution is 5.92. The fourth-order valence-corrected chi connectivity index (χ4v) is 2.86. The fraction of sp³-hybridized carbons (Fsp3) is 0.500. The van der Waals surface area contributed by atoms with Crippen molar-refractivity contribution in [2.45, 2.75) is 39.2 Å². The number of carbonyl (C=O) groups excluding carboxylic acids is 1. The lowest BCUT2D eigenvalue weighted by Gasteiger charge is -2.17. The lowest BCUT2D eigenvalue weighted by atomic mass is 9.92. The molecule has 1 amide bonds. The van der Waals surface area contributed by atoms with Crippen LogP contribution >= 0.6 is 0 Å². The van der Waals surface area contributed by atoms with Gasteiger partial charge in [0.15, 0.2) is 0 Å². The summed E-state index contributed by atoms with van der Waals surface area (Å²) in [5.74, 6) is 0.00869. The van der Waals surface area contributed by atoms with Crippen molar-refractivity contribution in [3.05, 3.63) is 35.9 Å². The van der Waals surface area contributed by atoms with Crippen LogP contribution in [0, 0.1) is 5.41 Å². The van der Waals surface area contributed by atoms with Crippen LogP contribution in [-0.2, 0) is 4.79 Å². The minimum absolute atomic E-state index is 0.00869. The number of hydrogen-bond acceptors (Lipinski definition) is 2. The van der Waals surface area contributed by atoms with E-state index in [-0.39, 0.29) is 5.91 Å². The summed E-state index contributed by atoms with van der Waals surface area (Å²) < 4.78 is 0. The van der Waals surface area contributed by atoms with E-state index in [0.717, 1.165) is 24.1 Å². The molecule has 0 heterocycles. The van der Waals surface area contributed by atoms with Gasteiger partial charge in [0.05, 0.1) is 0 Å². The maximum atomic E-state index is 12.0. The number of nitrogens with zero attached hydrogens (tertiary/aromatic N) is 1. The Morgan fingerprint density at radius 2 is 1.95 bits per heavy atom. The maximum absolute atomic E-state index is 12.0. The Labute approximate surface area is 128 Å². The predicted molar refractivity (Wildman–Crippen MR) is 89.4 cm³/mol. The van der Waals surface area contributed by atoms with Crippen LogP contribution in [0.3, 0.4) is 0 Å². The summed E-state index contributed by atoms with van der Waals surface area (Å²) in [4.78, 5) is 14.0. The van der Waals surface area contributed by atoms with Gasteiger partial charge >= 0.3 is 0 Å². The average Bonchev–Trinajstić information content (AvgIpc) is 2.76. The first kappa shape index (κ1) is 15.6. The molecule has 0 bridgehead atoms. The third-order valence-corrected chi connectivity index (χ3v) is 4.15. The van der Waals surface area contributed by atoms with Gasteiger partial charge in [-0.3, -0.25) is 4.79 Å². The van der Waals surface area contributed by atoms with Crippen LogP contribution in [0.5, 0.6) is 0 Å². The minimum Gasteiger partial charge on any atom is -0.378 e. The van der Waals surface area contributed by atoms with Crippen molar-refractivity contribution in [3.8, 4) is 0 Å². The van der Waals surface area contributed by atoms with E-state index in [4.69, 9.17) is 0 Å². The summed E-state index contributed by atoms with van der Waals surface area (Å²) in [5, 5.41) is 3.10. The standard InChI is InChI=1S/C18H26N2O/c1-18(2)12-11-15(13-18)19-17(21)10-7-14-5-8-16(9-6-14)20(3)4/h5-10,15H,11-13H2,1-4H3,(H,19,21)/b10-7+. The molecule has 2 rings (SSSR count). The van der Waals surface area contributed by atoms with Gasteiger partial charge in [0, 0.05) is 31.9 Å². The molecular formula is C18H26N2O. The van der Waals surface area contributed by atoms with Gasteiger partial charge in [-0.2, -0.15) is 0 Å². The van der Waals surface area contributed by atoms with E-state index in [1.807, 2.05) is 32.3 Å². The Balaban J connectivity index is 1.87. The molecule has 0 saturated heterocycles. The van der Waals surface area contributed by atoms with Crippen LogP contribution in [0.25, 0.3) is 6.08 Å². The summed E-state index contributed by atoms with van der Waals surface area (Å²) in [7, 11) is 4.03. The number of nitrogens with one attached hydrogen (secondary N) is 1. The zero-order valence-electron chi connectivity index (χ0n) is 13.5. The van der Waals surface area contributed by atoms with Gasteiger partial charge < -0.3 is 10.2 Å². The molecule has 1 unspecified atom stereocenters. The highest BCUT2D eigenvalue weighted by atomic mass is 16.1. The number of hydrogen-bond donors (Lipinski definition) is 1. The first-order valence-electron chi connectivity index (χ1n) is 7.62. The molecule has 1 saturated carbocycles. The van der Waals surface area contributed by atoms with E-state index in [2.05, 4.69) is 36.2 Å². The summed E-state index contributed by atoms with van der Waals surface area (Å²) in [6.45, 7) is 4.53. The van der Waals surface area contributed by atoms with E-state index in [0.29, 0.717) is 11.5 Å². The van der Waals surface area contributed by atoms with Crippen molar-refractivity contribution in [1.82, 2.24) is 5.32 Å². The average molecular weight is 286 g/mol. The first-order chi connectivity index (χ1) is 9.85.